The lowest BCUT2D eigenvalue weighted by atomic mass is 10.2. The zero-order valence-corrected chi connectivity index (χ0v) is 12.8. The number of nitrogens with zero attached hydrogens (tertiary/aromatic N) is 4. The van der Waals surface area contributed by atoms with E-state index in [1.165, 1.54) is 0 Å². The number of aromatic nitrogens is 3. The summed E-state index contributed by atoms with van der Waals surface area (Å²) in [5.41, 5.74) is 3.52. The maximum absolute atomic E-state index is 6.56. The van der Waals surface area contributed by atoms with Crippen molar-refractivity contribution in [1.29, 1.82) is 0 Å². The van der Waals surface area contributed by atoms with Gasteiger partial charge in [-0.05, 0) is 27.2 Å². The molecular weight excluding hydrogens is 276 g/mol. The number of fused-ring (bicyclic) bond motifs is 1. The van der Waals surface area contributed by atoms with Gasteiger partial charge in [-0.3, -0.25) is 9.58 Å². The van der Waals surface area contributed by atoms with Gasteiger partial charge in [0.2, 0.25) is 0 Å². The second-order valence-electron chi connectivity index (χ2n) is 5.60. The first-order chi connectivity index (χ1) is 9.58. The normalized spacial score (nSPS) is 16.4. The van der Waals surface area contributed by atoms with E-state index in [9.17, 15) is 0 Å². The van der Waals surface area contributed by atoms with Gasteiger partial charge in [0.25, 0.3) is 0 Å². The summed E-state index contributed by atoms with van der Waals surface area (Å²) in [5.74, 6) is 0. The molecule has 3 heterocycles. The van der Waals surface area contributed by atoms with Gasteiger partial charge in [0.05, 0.1) is 10.7 Å². The molecule has 0 aromatic carbocycles. The van der Waals surface area contributed by atoms with E-state index in [4.69, 9.17) is 16.1 Å². The molecule has 3 rings (SSSR count). The van der Waals surface area contributed by atoms with Crippen LogP contribution in [-0.2, 0) is 13.1 Å². The third kappa shape index (κ3) is 2.25. The van der Waals surface area contributed by atoms with Gasteiger partial charge >= 0.3 is 0 Å². The summed E-state index contributed by atoms with van der Waals surface area (Å²) in [6.45, 7) is 9.18. The van der Waals surface area contributed by atoms with Crippen LogP contribution in [0.1, 0.15) is 31.5 Å². The van der Waals surface area contributed by atoms with Gasteiger partial charge in [-0.1, -0.05) is 16.8 Å². The van der Waals surface area contributed by atoms with E-state index in [2.05, 4.69) is 29.0 Å². The van der Waals surface area contributed by atoms with Crippen LogP contribution in [0.5, 0.6) is 0 Å². The van der Waals surface area contributed by atoms with Crippen LogP contribution in [0.15, 0.2) is 10.8 Å². The molecule has 0 unspecified atom stereocenters. The minimum absolute atomic E-state index is 0.504. The van der Waals surface area contributed by atoms with Gasteiger partial charge in [-0.2, -0.15) is 5.10 Å². The number of hydrogen-bond donors (Lipinski definition) is 0. The number of hydrogen-bond acceptors (Lipinski definition) is 4. The van der Waals surface area contributed by atoms with Crippen LogP contribution in [0.4, 0.5) is 0 Å². The first kappa shape index (κ1) is 13.6. The number of aryl methyl sites for hydroxylation is 2. The molecule has 5 nitrogen and oxygen atoms in total. The summed E-state index contributed by atoms with van der Waals surface area (Å²) >= 11 is 6.56. The maximum Gasteiger partial charge on any atom is 0.138 e. The maximum atomic E-state index is 6.56. The van der Waals surface area contributed by atoms with E-state index >= 15 is 0 Å². The highest BCUT2D eigenvalue weighted by atomic mass is 35.5. The zero-order chi connectivity index (χ0) is 14.3. The van der Waals surface area contributed by atoms with Crippen molar-refractivity contribution in [3.8, 4) is 11.4 Å². The Morgan fingerprint density at radius 1 is 1.30 bits per heavy atom. The molecule has 0 N–H and O–H groups in total. The number of rotatable bonds is 2. The van der Waals surface area contributed by atoms with Gasteiger partial charge in [-0.25, -0.2) is 0 Å². The van der Waals surface area contributed by atoms with Crippen molar-refractivity contribution in [1.82, 2.24) is 19.8 Å². The Bertz CT molecular complexity index is 617. The molecule has 0 amide bonds. The third-order valence-corrected chi connectivity index (χ3v) is 4.26. The molecule has 0 fully saturated rings. The molecule has 20 heavy (non-hydrogen) atoms. The van der Waals surface area contributed by atoms with Crippen molar-refractivity contribution in [3.05, 3.63) is 22.5 Å². The highest BCUT2D eigenvalue weighted by molar-refractivity contribution is 6.33. The second kappa shape index (κ2) is 5.22. The largest absolute Gasteiger partial charge is 0.364 e. The van der Waals surface area contributed by atoms with Crippen LogP contribution in [0.25, 0.3) is 11.4 Å². The first-order valence-electron chi connectivity index (χ1n) is 6.98. The Balaban J connectivity index is 2.02. The van der Waals surface area contributed by atoms with Crippen molar-refractivity contribution in [2.75, 3.05) is 6.54 Å². The highest BCUT2D eigenvalue weighted by Crippen LogP contribution is 2.33. The first-order valence-corrected chi connectivity index (χ1v) is 7.36. The average molecular weight is 295 g/mol. The fourth-order valence-corrected chi connectivity index (χ4v) is 2.90. The molecule has 2 aromatic rings. The van der Waals surface area contributed by atoms with E-state index in [1.807, 2.05) is 11.6 Å². The predicted octanol–water partition coefficient (Wildman–Crippen LogP) is 3.11. The Hall–Kier alpha value is -1.33. The minimum Gasteiger partial charge on any atom is -0.364 e. The van der Waals surface area contributed by atoms with Crippen LogP contribution < -0.4 is 0 Å². The molecule has 6 heteroatoms. The highest BCUT2D eigenvalue weighted by Gasteiger charge is 2.25. The Kier molecular flexibility index (Phi) is 3.56. The van der Waals surface area contributed by atoms with Crippen LogP contribution in [-0.4, -0.2) is 32.4 Å². The fourth-order valence-electron chi connectivity index (χ4n) is 2.61. The predicted molar refractivity (Wildman–Crippen MR) is 77.6 cm³/mol. The standard InChI is InChI=1S/C14H19ClN4O/c1-9(2)18-5-4-6-19-11(7-18)12(15)14(16-19)13-10(3)8-20-17-13/h8-9H,4-7H2,1-3H3. The SMILES string of the molecule is Cc1conc1-c1nn2c(c1Cl)CN(C(C)C)CCC2. The van der Waals surface area contributed by atoms with E-state index in [0.717, 1.165) is 48.7 Å². The molecule has 0 aliphatic carbocycles. The van der Waals surface area contributed by atoms with Crippen molar-refractivity contribution < 1.29 is 4.52 Å². The molecule has 1 aliphatic rings. The van der Waals surface area contributed by atoms with Gasteiger partial charge in [-0.15, -0.1) is 0 Å². The van der Waals surface area contributed by atoms with Crippen LogP contribution in [0, 0.1) is 6.92 Å². The Morgan fingerprint density at radius 2 is 2.10 bits per heavy atom. The lowest BCUT2D eigenvalue weighted by molar-refractivity contribution is 0.216. The molecule has 0 spiro atoms. The molecule has 2 aromatic heterocycles. The van der Waals surface area contributed by atoms with E-state index in [0.29, 0.717) is 11.1 Å². The molecule has 0 atom stereocenters. The van der Waals surface area contributed by atoms with Gasteiger partial charge in [0.15, 0.2) is 0 Å². The molecule has 108 valence electrons. The zero-order valence-electron chi connectivity index (χ0n) is 12.1. The Morgan fingerprint density at radius 3 is 2.75 bits per heavy atom. The molecule has 0 bridgehead atoms. The summed E-state index contributed by atoms with van der Waals surface area (Å²) in [4.78, 5) is 2.42. The summed E-state index contributed by atoms with van der Waals surface area (Å²) in [7, 11) is 0. The molecule has 0 saturated heterocycles. The van der Waals surface area contributed by atoms with Crippen LogP contribution in [0.2, 0.25) is 5.02 Å². The monoisotopic (exact) mass is 294 g/mol. The van der Waals surface area contributed by atoms with Crippen molar-refractivity contribution in [3.63, 3.8) is 0 Å². The second-order valence-corrected chi connectivity index (χ2v) is 5.97. The minimum atomic E-state index is 0.504. The lowest BCUT2D eigenvalue weighted by Crippen LogP contribution is -2.30. The lowest BCUT2D eigenvalue weighted by Gasteiger charge is -2.23. The molecule has 0 radical (unpaired) electrons. The van der Waals surface area contributed by atoms with Gasteiger partial charge < -0.3 is 4.52 Å². The average Bonchev–Trinajstić information content (AvgIpc) is 2.86. The quantitative estimate of drug-likeness (QED) is 0.854. The van der Waals surface area contributed by atoms with Crippen molar-refractivity contribution in [2.24, 2.45) is 0 Å². The fraction of sp³-hybridized carbons (Fsp3) is 0.571. The molecular formula is C14H19ClN4O. The van der Waals surface area contributed by atoms with Gasteiger partial charge in [0, 0.05) is 31.2 Å². The summed E-state index contributed by atoms with van der Waals surface area (Å²) < 4.78 is 7.02. The van der Waals surface area contributed by atoms with Crippen LogP contribution in [0.3, 0.4) is 0 Å². The van der Waals surface area contributed by atoms with E-state index in [1.54, 1.807) is 6.26 Å². The van der Waals surface area contributed by atoms with Crippen LogP contribution >= 0.6 is 11.6 Å². The summed E-state index contributed by atoms with van der Waals surface area (Å²) in [6, 6.07) is 0.504. The number of halogens is 1. The summed E-state index contributed by atoms with van der Waals surface area (Å²) in [5, 5.41) is 9.37. The molecule has 0 saturated carbocycles. The summed E-state index contributed by atoms with van der Waals surface area (Å²) in [6.07, 6.45) is 2.71. The smallest absolute Gasteiger partial charge is 0.138 e. The van der Waals surface area contributed by atoms with Gasteiger partial charge in [0.1, 0.15) is 17.7 Å². The Labute approximate surface area is 123 Å². The van der Waals surface area contributed by atoms with E-state index in [-0.39, 0.29) is 0 Å². The topological polar surface area (TPSA) is 47.1 Å². The van der Waals surface area contributed by atoms with Crippen molar-refractivity contribution >= 4 is 11.6 Å². The molecule has 1 aliphatic heterocycles. The van der Waals surface area contributed by atoms with E-state index < -0.39 is 0 Å². The third-order valence-electron chi connectivity index (χ3n) is 3.86. The van der Waals surface area contributed by atoms with Crippen molar-refractivity contribution in [2.45, 2.75) is 46.3 Å².